The monoisotopic (exact) mass is 251 g/mol. The van der Waals surface area contributed by atoms with Crippen LogP contribution in [0.15, 0.2) is 18.3 Å². The lowest BCUT2D eigenvalue weighted by atomic mass is 10.1. The Morgan fingerprint density at radius 2 is 2.11 bits per heavy atom. The van der Waals surface area contributed by atoms with Crippen LogP contribution in [0.2, 0.25) is 0 Å². The van der Waals surface area contributed by atoms with Crippen molar-refractivity contribution in [3.05, 3.63) is 23.9 Å². The van der Waals surface area contributed by atoms with Crippen LogP contribution in [-0.2, 0) is 4.74 Å². The molecule has 102 valence electrons. The Morgan fingerprint density at radius 3 is 2.67 bits per heavy atom. The van der Waals surface area contributed by atoms with Crippen LogP contribution in [0.4, 0.5) is 5.82 Å². The van der Waals surface area contributed by atoms with Gasteiger partial charge in [-0.05, 0) is 18.9 Å². The minimum Gasteiger partial charge on any atom is -0.383 e. The van der Waals surface area contributed by atoms with Gasteiger partial charge in [-0.2, -0.15) is 0 Å². The molecule has 0 aliphatic heterocycles. The fourth-order valence-corrected chi connectivity index (χ4v) is 1.95. The molecule has 0 aliphatic carbocycles. The van der Waals surface area contributed by atoms with E-state index >= 15 is 0 Å². The molecule has 1 rings (SSSR count). The van der Waals surface area contributed by atoms with Crippen LogP contribution in [0, 0.1) is 5.92 Å². The van der Waals surface area contributed by atoms with E-state index in [0.29, 0.717) is 12.5 Å². The van der Waals surface area contributed by atoms with Gasteiger partial charge in [0, 0.05) is 38.0 Å². The van der Waals surface area contributed by atoms with E-state index in [9.17, 15) is 0 Å². The molecule has 18 heavy (non-hydrogen) atoms. The molecule has 0 aromatic carbocycles. The highest BCUT2D eigenvalue weighted by Gasteiger charge is 2.15. The second-order valence-electron chi connectivity index (χ2n) is 5.04. The van der Waals surface area contributed by atoms with Crippen molar-refractivity contribution in [2.24, 2.45) is 11.7 Å². The fourth-order valence-electron chi connectivity index (χ4n) is 1.95. The van der Waals surface area contributed by atoms with Crippen LogP contribution in [0.3, 0.4) is 0 Å². The van der Waals surface area contributed by atoms with E-state index in [4.69, 9.17) is 10.5 Å². The summed E-state index contributed by atoms with van der Waals surface area (Å²) in [5.41, 5.74) is 7.11. The number of anilines is 1. The Kier molecular flexibility index (Phi) is 6.09. The topological polar surface area (TPSA) is 51.4 Å². The molecule has 0 saturated carbocycles. The zero-order chi connectivity index (χ0) is 13.5. The van der Waals surface area contributed by atoms with Crippen molar-refractivity contribution in [3.8, 4) is 0 Å². The summed E-state index contributed by atoms with van der Waals surface area (Å²) < 4.78 is 5.18. The first-order chi connectivity index (χ1) is 8.56. The molecule has 4 heteroatoms. The molecular weight excluding hydrogens is 226 g/mol. The lowest BCUT2D eigenvalue weighted by Crippen LogP contribution is -2.33. The van der Waals surface area contributed by atoms with Crippen LogP contribution in [0.5, 0.6) is 0 Å². The van der Waals surface area contributed by atoms with Crippen molar-refractivity contribution in [2.75, 3.05) is 31.7 Å². The van der Waals surface area contributed by atoms with Crippen molar-refractivity contribution in [2.45, 2.75) is 26.8 Å². The van der Waals surface area contributed by atoms with Gasteiger partial charge in [0.05, 0.1) is 6.61 Å². The van der Waals surface area contributed by atoms with Gasteiger partial charge in [0.1, 0.15) is 5.82 Å². The van der Waals surface area contributed by atoms with E-state index in [0.717, 1.165) is 24.5 Å². The number of methoxy groups -OCH3 is 1. The van der Waals surface area contributed by atoms with Gasteiger partial charge in [0.2, 0.25) is 0 Å². The van der Waals surface area contributed by atoms with Crippen LogP contribution < -0.4 is 10.6 Å². The fraction of sp³-hybridized carbons (Fsp3) is 0.643. The summed E-state index contributed by atoms with van der Waals surface area (Å²) in [6, 6.07) is 3.98. The summed E-state index contributed by atoms with van der Waals surface area (Å²) in [6.45, 7) is 8.89. The van der Waals surface area contributed by atoms with Gasteiger partial charge in [0.15, 0.2) is 0 Å². The van der Waals surface area contributed by atoms with Gasteiger partial charge in [0.25, 0.3) is 0 Å². The van der Waals surface area contributed by atoms with Crippen molar-refractivity contribution < 1.29 is 4.74 Å². The third-order valence-corrected chi connectivity index (χ3v) is 2.76. The van der Waals surface area contributed by atoms with E-state index in [2.05, 4.69) is 23.7 Å². The van der Waals surface area contributed by atoms with Crippen molar-refractivity contribution >= 4 is 5.82 Å². The normalized spacial score (nSPS) is 12.8. The van der Waals surface area contributed by atoms with E-state index in [-0.39, 0.29) is 6.04 Å². The van der Waals surface area contributed by atoms with Crippen LogP contribution in [-0.4, -0.2) is 31.8 Å². The predicted octanol–water partition coefficient (Wildman–Crippen LogP) is 2.21. The third kappa shape index (κ3) is 4.27. The Bertz CT molecular complexity index is 353. The molecule has 1 aromatic heterocycles. The zero-order valence-electron chi connectivity index (χ0n) is 11.9. The summed E-state index contributed by atoms with van der Waals surface area (Å²) in [5, 5.41) is 0. The first kappa shape index (κ1) is 14.9. The summed E-state index contributed by atoms with van der Waals surface area (Å²) >= 11 is 0. The number of ether oxygens (including phenoxy) is 1. The van der Waals surface area contributed by atoms with Crippen molar-refractivity contribution in [1.29, 1.82) is 0 Å². The molecule has 1 heterocycles. The number of hydrogen-bond acceptors (Lipinski definition) is 4. The largest absolute Gasteiger partial charge is 0.383 e. The highest BCUT2D eigenvalue weighted by molar-refractivity contribution is 5.48. The third-order valence-electron chi connectivity index (χ3n) is 2.76. The first-order valence-corrected chi connectivity index (χ1v) is 6.50. The van der Waals surface area contributed by atoms with Gasteiger partial charge < -0.3 is 15.4 Å². The van der Waals surface area contributed by atoms with Gasteiger partial charge in [-0.15, -0.1) is 0 Å². The van der Waals surface area contributed by atoms with E-state index in [1.165, 1.54) is 0 Å². The van der Waals surface area contributed by atoms with E-state index in [1.807, 2.05) is 25.3 Å². The minimum atomic E-state index is -0.00842. The molecule has 2 N–H and O–H groups in total. The van der Waals surface area contributed by atoms with Gasteiger partial charge in [-0.1, -0.05) is 19.9 Å². The maximum absolute atomic E-state index is 6.01. The Labute approximate surface area is 110 Å². The quantitative estimate of drug-likeness (QED) is 0.807. The smallest absolute Gasteiger partial charge is 0.133 e. The van der Waals surface area contributed by atoms with Crippen LogP contribution in [0.1, 0.15) is 32.4 Å². The van der Waals surface area contributed by atoms with Crippen molar-refractivity contribution in [1.82, 2.24) is 4.98 Å². The van der Waals surface area contributed by atoms with E-state index < -0.39 is 0 Å². The Hall–Kier alpha value is -1.13. The maximum atomic E-state index is 6.01. The predicted molar refractivity (Wildman–Crippen MR) is 75.8 cm³/mol. The summed E-state index contributed by atoms with van der Waals surface area (Å²) in [4.78, 5) is 6.75. The average Bonchev–Trinajstić information content (AvgIpc) is 2.34. The second kappa shape index (κ2) is 7.34. The molecule has 0 radical (unpaired) electrons. The average molecular weight is 251 g/mol. The van der Waals surface area contributed by atoms with Gasteiger partial charge >= 0.3 is 0 Å². The summed E-state index contributed by atoms with van der Waals surface area (Å²) in [6.07, 6.45) is 1.82. The van der Waals surface area contributed by atoms with Gasteiger partial charge in [-0.25, -0.2) is 4.98 Å². The lowest BCUT2D eigenvalue weighted by Gasteiger charge is -2.28. The number of nitrogens with two attached hydrogens (primary N) is 1. The molecule has 1 aromatic rings. The molecule has 4 nitrogen and oxygen atoms in total. The Morgan fingerprint density at radius 1 is 1.39 bits per heavy atom. The molecule has 0 saturated heterocycles. The first-order valence-electron chi connectivity index (χ1n) is 6.50. The Balaban J connectivity index is 2.95. The van der Waals surface area contributed by atoms with Crippen LogP contribution in [0.25, 0.3) is 0 Å². The number of pyridine rings is 1. The molecule has 1 atom stereocenters. The summed E-state index contributed by atoms with van der Waals surface area (Å²) in [5.74, 6) is 1.56. The molecule has 0 amide bonds. The molecule has 0 aliphatic rings. The standard InChI is InChI=1S/C14H25N3O/c1-11(2)10-17(8-9-18-4)14-13(12(3)15)6-5-7-16-14/h5-7,11-12H,8-10,15H2,1-4H3/t12-/m0/s1. The molecular formula is C14H25N3O. The number of hydrogen-bond donors (Lipinski definition) is 1. The lowest BCUT2D eigenvalue weighted by molar-refractivity contribution is 0.204. The SMILES string of the molecule is COCCN(CC(C)C)c1ncccc1[C@H](C)N. The number of rotatable bonds is 7. The van der Waals surface area contributed by atoms with Crippen molar-refractivity contribution in [3.63, 3.8) is 0 Å². The van der Waals surface area contributed by atoms with Gasteiger partial charge in [-0.3, -0.25) is 0 Å². The number of aromatic nitrogens is 1. The summed E-state index contributed by atoms with van der Waals surface area (Å²) in [7, 11) is 1.72. The minimum absolute atomic E-state index is 0.00842. The zero-order valence-corrected chi connectivity index (χ0v) is 11.9. The molecule has 0 bridgehead atoms. The highest BCUT2D eigenvalue weighted by atomic mass is 16.5. The maximum Gasteiger partial charge on any atom is 0.133 e. The molecule has 0 unspecified atom stereocenters. The number of nitrogens with zero attached hydrogens (tertiary/aromatic N) is 2. The molecule has 0 fully saturated rings. The van der Waals surface area contributed by atoms with E-state index in [1.54, 1.807) is 7.11 Å². The molecule has 0 spiro atoms. The second-order valence-corrected chi connectivity index (χ2v) is 5.04. The highest BCUT2D eigenvalue weighted by Crippen LogP contribution is 2.22. The van der Waals surface area contributed by atoms with Crippen LogP contribution >= 0.6 is 0 Å².